The summed E-state index contributed by atoms with van der Waals surface area (Å²) < 4.78 is 92.9. The van der Waals surface area contributed by atoms with Gasteiger partial charge in [0.25, 0.3) is 0 Å². The molecule has 8 aliphatic heterocycles. The van der Waals surface area contributed by atoms with Gasteiger partial charge in [-0.15, -0.1) is 0 Å². The van der Waals surface area contributed by atoms with Crippen molar-refractivity contribution in [2.75, 3.05) is 46.2 Å². The van der Waals surface area contributed by atoms with Crippen molar-refractivity contribution in [2.45, 2.75) is 291 Å². The van der Waals surface area contributed by atoms with Crippen LogP contribution in [0, 0.1) is 0 Å². The van der Waals surface area contributed by atoms with Crippen LogP contribution in [0.15, 0.2) is 0 Å². The van der Waals surface area contributed by atoms with E-state index >= 15 is 0 Å². The lowest BCUT2D eigenvalue weighted by atomic mass is 9.94. The molecule has 0 bridgehead atoms. The standard InChI is InChI=1S/C54H94O43/c1-11(62)21(64)39(14(63)4-55)90-53-37(80)45(96-48-32(75)29(72)25(68)16(6-57)85-48)40(19(9-60)88-53)91-51-35(78)43(23(66)13(3)83-51)94-54-38(81)46(97-49-33(76)30(73)26(69)17(7-58)86-49)41(20(10-61)89-54)92-50-34(77)42(22(65)12(2)82-50)93-52-36(79)44(27(70)18(8-59)87-52)95-47-31(74)28(71)24(67)15(5-56)84-47/h11-81H,4-10H2,1-3H3/t11-,12-,13-,14-,15+,16+,17+,18+,19+,20+,21-,22-,23-,24-,25-,26-,27+,28-,29-,30-,31+,32+,33+,34+,35+,36+,37+,38+,39-,40+,41+,42+,43+,44-,45+,46+,47-,48-,49-,50-,51-,52-,53-,54-/m0/s1. The van der Waals surface area contributed by atoms with Crippen LogP contribution in [0.5, 0.6) is 0 Å². The normalized spacial score (nSPS) is 51.5. The fourth-order valence-electron chi connectivity index (χ4n) is 12.4. The highest BCUT2D eigenvalue weighted by molar-refractivity contribution is 5.02. The molecule has 0 unspecified atom stereocenters. The van der Waals surface area contributed by atoms with Crippen molar-refractivity contribution in [1.82, 2.24) is 0 Å². The largest absolute Gasteiger partial charge is 0.394 e. The second kappa shape index (κ2) is 34.9. The van der Waals surface area contributed by atoms with Crippen molar-refractivity contribution in [2.24, 2.45) is 0 Å². The second-order valence-electron chi connectivity index (χ2n) is 24.9. The second-order valence-corrected chi connectivity index (χ2v) is 24.9. The summed E-state index contributed by atoms with van der Waals surface area (Å²) in [5, 5.41) is 294. The Labute approximate surface area is 549 Å². The highest BCUT2D eigenvalue weighted by Crippen LogP contribution is 2.40. The molecular weight excluding hydrogens is 1340 g/mol. The molecule has 0 aliphatic carbocycles. The number of hydrogen-bond donors (Lipinski definition) is 27. The first-order valence-corrected chi connectivity index (χ1v) is 31.2. The molecule has 8 saturated heterocycles. The van der Waals surface area contributed by atoms with Gasteiger partial charge in [0.1, 0.15) is 201 Å². The van der Waals surface area contributed by atoms with Crippen molar-refractivity contribution in [3.63, 3.8) is 0 Å². The predicted molar refractivity (Wildman–Crippen MR) is 295 cm³/mol. The molecule has 8 heterocycles. The van der Waals surface area contributed by atoms with E-state index in [0.717, 1.165) is 6.92 Å². The van der Waals surface area contributed by atoms with E-state index in [1.807, 2.05) is 0 Å². The molecule has 0 aromatic rings. The molecule has 568 valence electrons. The van der Waals surface area contributed by atoms with Crippen LogP contribution in [-0.4, -0.2) is 454 Å². The van der Waals surface area contributed by atoms with Crippen molar-refractivity contribution < 1.29 is 214 Å². The topological polar surface area (TPSA) is 694 Å². The SMILES string of the molecule is C[C@H](O)[C@H](O)[C@@H](O[C@@H]1O[C@H](CO)[C@@H](O[C@@H]2O[C@@H](C)[C@H](O)[C@@H](O[C@@H]3O[C@H](CO)[C@@H](O[C@@H]4O[C@@H](C)[C@H](O)[C@@H](O[C@@H]5O[C@H](CO)[C@@H](O)[C@H](O[C@@H]6O[C@H](CO)[C@H](O)[C@H](O)[C@H]6O)[C@H]5O)[C@H]4O)[C@H](O[C@@H]4O[C@H](CO)[C@H](O)[C@H](O)[C@H]4O)[C@H]3O)[C@H]2O)[C@H](O[C@@H]2O[C@H](CO)[C@H](O)[C@H](O)[C@H]2O)[C@H]1O)[C@@H](O)CO. The number of ether oxygens (including phenoxy) is 16. The van der Waals surface area contributed by atoms with E-state index in [0.29, 0.717) is 0 Å². The van der Waals surface area contributed by atoms with E-state index in [2.05, 4.69) is 0 Å². The molecule has 27 N–H and O–H groups in total. The Morgan fingerprint density at radius 2 is 0.515 bits per heavy atom. The molecular formula is C54H94O43. The summed E-state index contributed by atoms with van der Waals surface area (Å²) in [4.78, 5) is 0. The highest BCUT2D eigenvalue weighted by atomic mass is 16.8. The summed E-state index contributed by atoms with van der Waals surface area (Å²) in [5.74, 6) is 0. The Kier molecular flexibility index (Phi) is 29.1. The van der Waals surface area contributed by atoms with Crippen LogP contribution in [0.4, 0.5) is 0 Å². The van der Waals surface area contributed by atoms with Crippen molar-refractivity contribution in [3.05, 3.63) is 0 Å². The Hall–Kier alpha value is -1.72. The lowest BCUT2D eigenvalue weighted by Crippen LogP contribution is -2.69. The van der Waals surface area contributed by atoms with Gasteiger partial charge in [-0.3, -0.25) is 0 Å². The summed E-state index contributed by atoms with van der Waals surface area (Å²) in [6, 6.07) is 0. The molecule has 0 radical (unpaired) electrons. The number of rotatable bonds is 26. The van der Waals surface area contributed by atoms with Gasteiger partial charge < -0.3 is 214 Å². The molecule has 44 atom stereocenters. The zero-order valence-electron chi connectivity index (χ0n) is 52.0. The molecule has 8 aliphatic rings. The van der Waals surface area contributed by atoms with Crippen LogP contribution in [0.3, 0.4) is 0 Å². The molecule has 97 heavy (non-hydrogen) atoms. The third kappa shape index (κ3) is 17.2. The van der Waals surface area contributed by atoms with Gasteiger partial charge in [0.15, 0.2) is 50.3 Å². The molecule has 0 amide bonds. The first kappa shape index (κ1) is 81.0. The van der Waals surface area contributed by atoms with Gasteiger partial charge in [0.2, 0.25) is 0 Å². The molecule has 0 aromatic heterocycles. The molecule has 43 heteroatoms. The molecule has 8 fully saturated rings. The van der Waals surface area contributed by atoms with Crippen LogP contribution in [-0.2, 0) is 75.8 Å². The molecule has 0 aromatic carbocycles. The molecule has 43 nitrogen and oxygen atoms in total. The third-order valence-electron chi connectivity index (χ3n) is 18.2. The average Bonchev–Trinajstić information content (AvgIpc) is 0.772. The Bertz CT molecular complexity index is 2340. The quantitative estimate of drug-likeness (QED) is 0.0382. The van der Waals surface area contributed by atoms with E-state index in [1.165, 1.54) is 13.8 Å². The summed E-state index contributed by atoms with van der Waals surface area (Å²) in [6.45, 7) is -4.01. The highest BCUT2D eigenvalue weighted by Gasteiger charge is 2.61. The summed E-state index contributed by atoms with van der Waals surface area (Å²) >= 11 is 0. The third-order valence-corrected chi connectivity index (χ3v) is 18.2. The summed E-state index contributed by atoms with van der Waals surface area (Å²) in [7, 11) is 0. The number of aliphatic hydroxyl groups excluding tert-OH is 27. The zero-order valence-corrected chi connectivity index (χ0v) is 52.0. The fourth-order valence-corrected chi connectivity index (χ4v) is 12.4. The van der Waals surface area contributed by atoms with Gasteiger partial charge in [0, 0.05) is 0 Å². The minimum atomic E-state index is -2.45. The van der Waals surface area contributed by atoms with Gasteiger partial charge >= 0.3 is 0 Å². The lowest BCUT2D eigenvalue weighted by molar-refractivity contribution is -0.410. The van der Waals surface area contributed by atoms with Crippen LogP contribution in [0.25, 0.3) is 0 Å². The fraction of sp³-hybridized carbons (Fsp3) is 1.00. The van der Waals surface area contributed by atoms with Gasteiger partial charge in [-0.25, -0.2) is 0 Å². The average molecular weight is 1430 g/mol. The van der Waals surface area contributed by atoms with E-state index in [-0.39, 0.29) is 0 Å². The van der Waals surface area contributed by atoms with Crippen molar-refractivity contribution >= 4 is 0 Å². The maximum Gasteiger partial charge on any atom is 0.187 e. The van der Waals surface area contributed by atoms with E-state index in [1.54, 1.807) is 0 Å². The smallest absolute Gasteiger partial charge is 0.187 e. The number of aliphatic hydroxyl groups is 27. The van der Waals surface area contributed by atoms with Gasteiger partial charge in [0.05, 0.1) is 64.6 Å². The maximum absolute atomic E-state index is 12.4. The van der Waals surface area contributed by atoms with E-state index in [9.17, 15) is 138 Å². The van der Waals surface area contributed by atoms with Gasteiger partial charge in [-0.1, -0.05) is 0 Å². The summed E-state index contributed by atoms with van der Waals surface area (Å²) in [5.41, 5.74) is 0. The summed E-state index contributed by atoms with van der Waals surface area (Å²) in [6.07, 6.45) is -89.5. The first-order valence-electron chi connectivity index (χ1n) is 31.2. The Morgan fingerprint density at radius 1 is 0.268 bits per heavy atom. The van der Waals surface area contributed by atoms with E-state index in [4.69, 9.17) is 75.8 Å². The Balaban J connectivity index is 1.06. The van der Waals surface area contributed by atoms with Crippen LogP contribution >= 0.6 is 0 Å². The van der Waals surface area contributed by atoms with E-state index < -0.39 is 316 Å². The monoisotopic (exact) mass is 1430 g/mol. The molecule has 0 saturated carbocycles. The lowest BCUT2D eigenvalue weighted by Gasteiger charge is -2.51. The van der Waals surface area contributed by atoms with Crippen LogP contribution in [0.1, 0.15) is 20.8 Å². The minimum Gasteiger partial charge on any atom is -0.394 e. The van der Waals surface area contributed by atoms with Crippen molar-refractivity contribution in [3.8, 4) is 0 Å². The number of hydrogen-bond acceptors (Lipinski definition) is 43. The van der Waals surface area contributed by atoms with Crippen molar-refractivity contribution in [1.29, 1.82) is 0 Å². The zero-order chi connectivity index (χ0) is 71.7. The molecule has 8 rings (SSSR count). The van der Waals surface area contributed by atoms with Crippen LogP contribution < -0.4 is 0 Å². The Morgan fingerprint density at radius 3 is 0.835 bits per heavy atom. The van der Waals surface area contributed by atoms with Gasteiger partial charge in [-0.2, -0.15) is 0 Å². The first-order chi connectivity index (χ1) is 45.8. The maximum atomic E-state index is 12.4. The van der Waals surface area contributed by atoms with Gasteiger partial charge in [-0.05, 0) is 20.8 Å². The molecule has 0 spiro atoms. The van der Waals surface area contributed by atoms with Crippen LogP contribution in [0.2, 0.25) is 0 Å². The minimum absolute atomic E-state index is 0.914. The predicted octanol–water partition coefficient (Wildman–Crippen LogP) is -17.9.